The van der Waals surface area contributed by atoms with E-state index >= 15 is 0 Å². The summed E-state index contributed by atoms with van der Waals surface area (Å²) >= 11 is 0. The molecule has 0 atom stereocenters. The zero-order chi connectivity index (χ0) is 21.1. The number of unbranched alkanes of at least 4 members (excludes halogenated alkanes) is 5. The topological polar surface area (TPSA) is 35.8 Å². The molecule has 162 valence electrons. The van der Waals surface area contributed by atoms with Crippen LogP contribution in [0.15, 0.2) is 65.7 Å². The van der Waals surface area contributed by atoms with Gasteiger partial charge < -0.3 is 10.0 Å². The molecule has 1 saturated heterocycles. The molecule has 0 unspecified atom stereocenters. The van der Waals surface area contributed by atoms with E-state index < -0.39 is 5.60 Å². The number of aliphatic hydroxyl groups is 1. The van der Waals surface area contributed by atoms with Gasteiger partial charge in [-0.05, 0) is 36.3 Å². The lowest BCUT2D eigenvalue weighted by Crippen LogP contribution is -2.43. The maximum absolute atomic E-state index is 11.9. The number of aliphatic imine (C=N–C) groups is 1. The van der Waals surface area contributed by atoms with E-state index in [9.17, 15) is 5.11 Å². The summed E-state index contributed by atoms with van der Waals surface area (Å²) in [7, 11) is 0. The zero-order valence-electron chi connectivity index (χ0n) is 18.5. The van der Waals surface area contributed by atoms with Gasteiger partial charge in [0.1, 0.15) is 5.60 Å². The summed E-state index contributed by atoms with van der Waals surface area (Å²) < 4.78 is 0. The number of benzene rings is 2. The highest BCUT2D eigenvalue weighted by Gasteiger charge is 2.41. The lowest BCUT2D eigenvalue weighted by molar-refractivity contribution is -0.00609. The van der Waals surface area contributed by atoms with Crippen LogP contribution in [0.5, 0.6) is 0 Å². The minimum absolute atomic E-state index is 0.200. The van der Waals surface area contributed by atoms with Crippen LogP contribution in [0.3, 0.4) is 0 Å². The fourth-order valence-electron chi connectivity index (χ4n) is 4.61. The first-order valence-corrected chi connectivity index (χ1v) is 11.8. The Morgan fingerprint density at radius 3 is 1.97 bits per heavy atom. The van der Waals surface area contributed by atoms with Gasteiger partial charge in [0.25, 0.3) is 0 Å². The Labute approximate surface area is 182 Å². The number of likely N-dealkylation sites (tertiary alicyclic amines) is 1. The van der Waals surface area contributed by atoms with Crippen LogP contribution in [-0.4, -0.2) is 36.0 Å². The van der Waals surface area contributed by atoms with Crippen molar-refractivity contribution < 1.29 is 5.11 Å². The Morgan fingerprint density at radius 2 is 1.40 bits per heavy atom. The fourth-order valence-corrected chi connectivity index (χ4v) is 4.61. The van der Waals surface area contributed by atoms with Crippen molar-refractivity contribution in [3.05, 3.63) is 71.8 Å². The maximum atomic E-state index is 11.9. The third kappa shape index (κ3) is 5.95. The number of hydrogen-bond donors (Lipinski definition) is 1. The lowest BCUT2D eigenvalue weighted by atomic mass is 9.72. The van der Waals surface area contributed by atoms with Gasteiger partial charge in [-0.2, -0.15) is 0 Å². The van der Waals surface area contributed by atoms with E-state index in [0.29, 0.717) is 0 Å². The summed E-state index contributed by atoms with van der Waals surface area (Å²) in [6, 6.07) is 20.3. The van der Waals surface area contributed by atoms with E-state index in [-0.39, 0.29) is 5.92 Å². The van der Waals surface area contributed by atoms with Gasteiger partial charge in [0.15, 0.2) is 0 Å². The monoisotopic (exact) mass is 406 g/mol. The number of piperidine rings is 1. The van der Waals surface area contributed by atoms with E-state index in [4.69, 9.17) is 0 Å². The van der Waals surface area contributed by atoms with Gasteiger partial charge in [-0.3, -0.25) is 4.99 Å². The van der Waals surface area contributed by atoms with Crippen molar-refractivity contribution in [2.75, 3.05) is 19.6 Å². The van der Waals surface area contributed by atoms with Crippen molar-refractivity contribution in [3.8, 4) is 0 Å². The molecule has 3 nitrogen and oxygen atoms in total. The summed E-state index contributed by atoms with van der Waals surface area (Å²) in [6.45, 7) is 5.09. The van der Waals surface area contributed by atoms with Gasteiger partial charge >= 0.3 is 0 Å². The largest absolute Gasteiger partial charge is 0.380 e. The smallest absolute Gasteiger partial charge is 0.118 e. The van der Waals surface area contributed by atoms with Gasteiger partial charge in [0.05, 0.1) is 6.34 Å². The normalized spacial score (nSPS) is 15.7. The van der Waals surface area contributed by atoms with Crippen LogP contribution in [0, 0.1) is 5.92 Å². The third-order valence-electron chi connectivity index (χ3n) is 6.43. The molecule has 2 aromatic rings. The van der Waals surface area contributed by atoms with Gasteiger partial charge in [-0.15, -0.1) is 0 Å². The molecule has 0 aromatic heterocycles. The van der Waals surface area contributed by atoms with Crippen LogP contribution >= 0.6 is 0 Å². The van der Waals surface area contributed by atoms with Crippen LogP contribution in [0.1, 0.15) is 69.4 Å². The number of rotatable bonds is 11. The summed E-state index contributed by atoms with van der Waals surface area (Å²) in [6.07, 6.45) is 11.8. The molecule has 0 spiro atoms. The molecule has 0 radical (unpaired) electrons. The first-order valence-electron chi connectivity index (χ1n) is 11.8. The van der Waals surface area contributed by atoms with Crippen LogP contribution < -0.4 is 0 Å². The molecule has 3 rings (SSSR count). The molecule has 2 aromatic carbocycles. The second kappa shape index (κ2) is 11.9. The van der Waals surface area contributed by atoms with E-state index in [0.717, 1.165) is 43.6 Å². The summed E-state index contributed by atoms with van der Waals surface area (Å²) in [5, 5.41) is 11.9. The molecule has 0 saturated carbocycles. The zero-order valence-corrected chi connectivity index (χ0v) is 18.5. The van der Waals surface area contributed by atoms with Crippen LogP contribution in [0.4, 0.5) is 0 Å². The molecule has 1 aliphatic rings. The second-order valence-corrected chi connectivity index (χ2v) is 8.60. The predicted octanol–water partition coefficient (Wildman–Crippen LogP) is 6.02. The lowest BCUT2D eigenvalue weighted by Gasteiger charge is -2.42. The Hall–Kier alpha value is -2.13. The second-order valence-electron chi connectivity index (χ2n) is 8.60. The van der Waals surface area contributed by atoms with Crippen LogP contribution in [-0.2, 0) is 5.60 Å². The molecule has 30 heavy (non-hydrogen) atoms. The van der Waals surface area contributed by atoms with Crippen molar-refractivity contribution in [1.29, 1.82) is 0 Å². The van der Waals surface area contributed by atoms with E-state index in [1.807, 2.05) is 42.7 Å². The van der Waals surface area contributed by atoms with E-state index in [2.05, 4.69) is 41.1 Å². The van der Waals surface area contributed by atoms with E-state index in [1.165, 1.54) is 38.5 Å². The summed E-state index contributed by atoms with van der Waals surface area (Å²) in [4.78, 5) is 6.98. The first-order chi connectivity index (χ1) is 14.7. The Balaban J connectivity index is 1.55. The van der Waals surface area contributed by atoms with Gasteiger partial charge in [0, 0.05) is 19.6 Å². The molecule has 1 heterocycles. The van der Waals surface area contributed by atoms with Crippen molar-refractivity contribution in [2.24, 2.45) is 10.9 Å². The quantitative estimate of drug-likeness (QED) is 0.281. The highest BCUT2D eigenvalue weighted by atomic mass is 16.3. The average molecular weight is 407 g/mol. The van der Waals surface area contributed by atoms with Crippen LogP contribution in [0.2, 0.25) is 0 Å². The van der Waals surface area contributed by atoms with Crippen molar-refractivity contribution in [3.63, 3.8) is 0 Å². The standard InChI is InChI=1S/C27H38N2O/c1-2-3-4-5-6-13-20-28-23-29-21-18-26(19-22-29)27(30,24-14-9-7-10-15-24)25-16-11-8-12-17-25/h7-12,14-17,23,26,30H,2-6,13,18-22H2,1H3. The minimum Gasteiger partial charge on any atom is -0.380 e. The first kappa shape index (κ1) is 22.6. The molecular weight excluding hydrogens is 368 g/mol. The average Bonchev–Trinajstić information content (AvgIpc) is 2.82. The highest BCUT2D eigenvalue weighted by Crippen LogP contribution is 2.41. The molecule has 0 aliphatic carbocycles. The van der Waals surface area contributed by atoms with E-state index in [1.54, 1.807) is 0 Å². The summed E-state index contributed by atoms with van der Waals surface area (Å²) in [5.41, 5.74) is 1.04. The maximum Gasteiger partial charge on any atom is 0.118 e. The SMILES string of the molecule is CCCCCCCCN=CN1CCC(C(O)(c2ccccc2)c2ccccc2)CC1. The molecular formula is C27H38N2O. The van der Waals surface area contributed by atoms with Crippen molar-refractivity contribution in [2.45, 2.75) is 63.9 Å². The Kier molecular flexibility index (Phi) is 8.95. The summed E-state index contributed by atoms with van der Waals surface area (Å²) in [5.74, 6) is 0.200. The van der Waals surface area contributed by atoms with Crippen molar-refractivity contribution >= 4 is 6.34 Å². The molecule has 0 bridgehead atoms. The number of hydrogen-bond acceptors (Lipinski definition) is 2. The molecule has 1 fully saturated rings. The van der Waals surface area contributed by atoms with Crippen LogP contribution in [0.25, 0.3) is 0 Å². The predicted molar refractivity (Wildman–Crippen MR) is 127 cm³/mol. The third-order valence-corrected chi connectivity index (χ3v) is 6.43. The van der Waals surface area contributed by atoms with Gasteiger partial charge in [-0.25, -0.2) is 0 Å². The molecule has 1 aliphatic heterocycles. The van der Waals surface area contributed by atoms with Gasteiger partial charge in [-0.1, -0.05) is 99.7 Å². The number of nitrogens with zero attached hydrogens (tertiary/aromatic N) is 2. The highest BCUT2D eigenvalue weighted by molar-refractivity contribution is 5.55. The Morgan fingerprint density at radius 1 is 0.867 bits per heavy atom. The molecule has 3 heteroatoms. The van der Waals surface area contributed by atoms with Crippen molar-refractivity contribution in [1.82, 2.24) is 4.90 Å². The van der Waals surface area contributed by atoms with Gasteiger partial charge in [0.2, 0.25) is 0 Å². The molecule has 0 amide bonds. The Bertz CT molecular complexity index is 696. The molecule has 1 N–H and O–H groups in total. The minimum atomic E-state index is -0.940. The fraction of sp³-hybridized carbons (Fsp3) is 0.519.